The van der Waals surface area contributed by atoms with E-state index in [0.717, 1.165) is 0 Å². The van der Waals surface area contributed by atoms with Gasteiger partial charge < -0.3 is 18.9 Å². The predicted octanol–water partition coefficient (Wildman–Crippen LogP) is 2.42. The second-order valence-electron chi connectivity index (χ2n) is 6.40. The molecular weight excluding hydrogens is 356 g/mol. The molecule has 0 saturated carbocycles. The van der Waals surface area contributed by atoms with Gasteiger partial charge in [-0.25, -0.2) is 0 Å². The molecule has 0 saturated heterocycles. The third-order valence-corrected chi connectivity index (χ3v) is 4.26. The van der Waals surface area contributed by atoms with Crippen molar-refractivity contribution < 1.29 is 38.1 Å². The molecule has 0 aromatic carbocycles. The lowest BCUT2D eigenvalue weighted by atomic mass is 9.79. The smallest absolute Gasteiger partial charge is 0.323 e. The van der Waals surface area contributed by atoms with E-state index in [2.05, 4.69) is 0 Å². The summed E-state index contributed by atoms with van der Waals surface area (Å²) in [6, 6.07) is 0. The van der Waals surface area contributed by atoms with E-state index >= 15 is 0 Å². The molecule has 8 nitrogen and oxygen atoms in total. The number of carbonyl (C=O) groups is 4. The standard InChI is InChI=1S/C19H32O8/c1-7-24-14(20)18(5,15(21)25-8-2)12-11-13-19(6,16(22)26-9-3)17(23)27-10-4/h7-13H2,1-6H3. The Hall–Kier alpha value is -2.12. The van der Waals surface area contributed by atoms with Gasteiger partial charge in [0.2, 0.25) is 0 Å². The quantitative estimate of drug-likeness (QED) is 0.285. The summed E-state index contributed by atoms with van der Waals surface area (Å²) in [5, 5.41) is 0. The molecule has 0 bridgehead atoms. The highest BCUT2D eigenvalue weighted by Gasteiger charge is 2.47. The SMILES string of the molecule is CCOC(=O)C(C)(CCCC(C)(C(=O)OCC)C(=O)OCC)C(=O)OCC. The lowest BCUT2D eigenvalue weighted by Crippen LogP contribution is -2.42. The van der Waals surface area contributed by atoms with E-state index in [1.54, 1.807) is 27.7 Å². The van der Waals surface area contributed by atoms with Gasteiger partial charge >= 0.3 is 23.9 Å². The largest absolute Gasteiger partial charge is 0.465 e. The predicted molar refractivity (Wildman–Crippen MR) is 96.6 cm³/mol. The van der Waals surface area contributed by atoms with Crippen LogP contribution in [0.4, 0.5) is 0 Å². The van der Waals surface area contributed by atoms with Crippen LogP contribution in [0.25, 0.3) is 0 Å². The zero-order valence-corrected chi connectivity index (χ0v) is 17.2. The molecule has 0 fully saturated rings. The van der Waals surface area contributed by atoms with Crippen molar-refractivity contribution in [3.8, 4) is 0 Å². The van der Waals surface area contributed by atoms with Gasteiger partial charge in [-0.15, -0.1) is 0 Å². The molecular formula is C19H32O8. The van der Waals surface area contributed by atoms with E-state index in [1.807, 2.05) is 0 Å². The van der Waals surface area contributed by atoms with Crippen LogP contribution in [0.1, 0.15) is 60.8 Å². The molecule has 0 rings (SSSR count). The fourth-order valence-corrected chi connectivity index (χ4v) is 2.53. The molecule has 0 atom stereocenters. The van der Waals surface area contributed by atoms with Crippen LogP contribution in [0.5, 0.6) is 0 Å². The molecule has 0 aromatic heterocycles. The summed E-state index contributed by atoms with van der Waals surface area (Å²) in [4.78, 5) is 49.2. The Morgan fingerprint density at radius 2 is 0.778 bits per heavy atom. The first-order chi connectivity index (χ1) is 12.6. The molecule has 156 valence electrons. The first kappa shape index (κ1) is 24.9. The second kappa shape index (κ2) is 11.6. The van der Waals surface area contributed by atoms with Gasteiger partial charge in [0.1, 0.15) is 0 Å². The van der Waals surface area contributed by atoms with Crippen LogP contribution in [0.3, 0.4) is 0 Å². The average molecular weight is 388 g/mol. The van der Waals surface area contributed by atoms with Crippen LogP contribution >= 0.6 is 0 Å². The molecule has 0 aromatic rings. The summed E-state index contributed by atoms with van der Waals surface area (Å²) >= 11 is 0. The normalized spacial score (nSPS) is 11.5. The highest BCUT2D eigenvalue weighted by molar-refractivity contribution is 6.00. The number of hydrogen-bond acceptors (Lipinski definition) is 8. The Balaban J connectivity index is 5.37. The zero-order valence-electron chi connectivity index (χ0n) is 17.2. The summed E-state index contributed by atoms with van der Waals surface area (Å²) in [6.45, 7) is 9.93. The van der Waals surface area contributed by atoms with E-state index in [-0.39, 0.29) is 45.7 Å². The molecule has 0 heterocycles. The molecule has 0 aliphatic carbocycles. The summed E-state index contributed by atoms with van der Waals surface area (Å²) in [5.41, 5.74) is -3.04. The van der Waals surface area contributed by atoms with Gasteiger partial charge in [-0.1, -0.05) is 0 Å². The zero-order chi connectivity index (χ0) is 21.1. The van der Waals surface area contributed by atoms with E-state index in [0.29, 0.717) is 0 Å². The van der Waals surface area contributed by atoms with Gasteiger partial charge in [-0.2, -0.15) is 0 Å². The lowest BCUT2D eigenvalue weighted by Gasteiger charge is -2.28. The molecule has 0 amide bonds. The summed E-state index contributed by atoms with van der Waals surface area (Å²) in [7, 11) is 0. The Morgan fingerprint density at radius 3 is 0.963 bits per heavy atom. The topological polar surface area (TPSA) is 105 Å². The minimum absolute atomic E-state index is 0.0546. The maximum absolute atomic E-state index is 12.3. The van der Waals surface area contributed by atoms with Gasteiger partial charge in [0, 0.05) is 0 Å². The molecule has 0 unspecified atom stereocenters. The maximum atomic E-state index is 12.3. The fraction of sp³-hybridized carbons (Fsp3) is 0.789. The number of esters is 4. The number of carbonyl (C=O) groups excluding carboxylic acids is 4. The van der Waals surface area contributed by atoms with Crippen LogP contribution in [0.2, 0.25) is 0 Å². The van der Waals surface area contributed by atoms with Crippen LogP contribution < -0.4 is 0 Å². The third-order valence-electron chi connectivity index (χ3n) is 4.26. The minimum Gasteiger partial charge on any atom is -0.465 e. The Labute approximate surface area is 160 Å². The molecule has 0 aliphatic rings. The first-order valence-corrected chi connectivity index (χ1v) is 9.32. The van der Waals surface area contributed by atoms with Gasteiger partial charge in [0.25, 0.3) is 0 Å². The van der Waals surface area contributed by atoms with Crippen LogP contribution in [-0.2, 0) is 38.1 Å². The average Bonchev–Trinajstić information content (AvgIpc) is 2.61. The van der Waals surface area contributed by atoms with E-state index in [1.165, 1.54) is 13.8 Å². The third kappa shape index (κ3) is 6.52. The first-order valence-electron chi connectivity index (χ1n) is 9.32. The highest BCUT2D eigenvalue weighted by Crippen LogP contribution is 2.34. The van der Waals surface area contributed by atoms with E-state index < -0.39 is 34.7 Å². The van der Waals surface area contributed by atoms with Gasteiger partial charge in [-0.05, 0) is 60.8 Å². The molecule has 0 N–H and O–H groups in total. The van der Waals surface area contributed by atoms with Crippen molar-refractivity contribution in [1.29, 1.82) is 0 Å². The molecule has 8 heteroatoms. The summed E-state index contributed by atoms with van der Waals surface area (Å²) < 4.78 is 20.0. The highest BCUT2D eigenvalue weighted by atomic mass is 16.6. The monoisotopic (exact) mass is 388 g/mol. The van der Waals surface area contributed by atoms with E-state index in [4.69, 9.17) is 18.9 Å². The Bertz CT molecular complexity index is 444. The van der Waals surface area contributed by atoms with E-state index in [9.17, 15) is 19.2 Å². The number of ether oxygens (including phenoxy) is 4. The number of hydrogen-bond donors (Lipinski definition) is 0. The molecule has 0 radical (unpaired) electrons. The summed E-state index contributed by atoms with van der Waals surface area (Å²) in [5.74, 6) is -2.79. The van der Waals surface area contributed by atoms with Crippen molar-refractivity contribution in [2.75, 3.05) is 26.4 Å². The molecule has 27 heavy (non-hydrogen) atoms. The summed E-state index contributed by atoms with van der Waals surface area (Å²) in [6.07, 6.45) is 0.320. The van der Waals surface area contributed by atoms with Crippen LogP contribution in [0, 0.1) is 10.8 Å². The van der Waals surface area contributed by atoms with Crippen molar-refractivity contribution in [2.24, 2.45) is 10.8 Å². The van der Waals surface area contributed by atoms with Gasteiger partial charge in [0.05, 0.1) is 26.4 Å². The van der Waals surface area contributed by atoms with Crippen LogP contribution in [-0.4, -0.2) is 50.3 Å². The number of rotatable bonds is 12. The Morgan fingerprint density at radius 1 is 0.556 bits per heavy atom. The van der Waals surface area contributed by atoms with Gasteiger partial charge in [-0.3, -0.25) is 19.2 Å². The van der Waals surface area contributed by atoms with Crippen molar-refractivity contribution in [3.05, 3.63) is 0 Å². The van der Waals surface area contributed by atoms with Crippen molar-refractivity contribution >= 4 is 23.9 Å². The van der Waals surface area contributed by atoms with Crippen LogP contribution in [0.15, 0.2) is 0 Å². The second-order valence-corrected chi connectivity index (χ2v) is 6.40. The maximum Gasteiger partial charge on any atom is 0.323 e. The van der Waals surface area contributed by atoms with Crippen molar-refractivity contribution in [1.82, 2.24) is 0 Å². The Kier molecular flexibility index (Phi) is 10.7. The fourth-order valence-electron chi connectivity index (χ4n) is 2.53. The van der Waals surface area contributed by atoms with Gasteiger partial charge in [0.15, 0.2) is 10.8 Å². The molecule has 0 aliphatic heterocycles. The van der Waals surface area contributed by atoms with Crippen molar-refractivity contribution in [3.63, 3.8) is 0 Å². The minimum atomic E-state index is -1.52. The lowest BCUT2D eigenvalue weighted by molar-refractivity contribution is -0.171. The molecule has 0 spiro atoms. The van der Waals surface area contributed by atoms with Crippen molar-refractivity contribution in [2.45, 2.75) is 60.8 Å².